The van der Waals surface area contributed by atoms with Crippen molar-refractivity contribution >= 4 is 29.8 Å². The quantitative estimate of drug-likeness (QED) is 0.657. The monoisotopic (exact) mass is 344 g/mol. The zero-order valence-corrected chi connectivity index (χ0v) is 13.1. The Balaban J connectivity index is 1.91. The molecular weight excluding hydrogens is 332 g/mol. The molecular formula is C17H13ClN2O4. The van der Waals surface area contributed by atoms with Crippen LogP contribution >= 0.6 is 11.6 Å². The van der Waals surface area contributed by atoms with E-state index in [0.717, 1.165) is 5.56 Å². The van der Waals surface area contributed by atoms with Crippen molar-refractivity contribution in [3.8, 4) is 16.9 Å². The molecule has 2 N–H and O–H groups in total. The minimum absolute atomic E-state index is 0.267. The molecule has 2 unspecified atom stereocenters. The van der Waals surface area contributed by atoms with E-state index in [4.69, 9.17) is 21.4 Å². The normalized spacial score (nSPS) is 18.9. The minimum atomic E-state index is -1.18. The Morgan fingerprint density at radius 1 is 1.12 bits per heavy atom. The van der Waals surface area contributed by atoms with Crippen LogP contribution in [0.15, 0.2) is 53.6 Å². The molecule has 2 aromatic rings. The molecule has 1 aliphatic rings. The fraction of sp³-hybridized carbons (Fsp3) is 0.118. The third kappa shape index (κ3) is 3.09. The summed E-state index contributed by atoms with van der Waals surface area (Å²) in [6.45, 7) is 0. The van der Waals surface area contributed by atoms with E-state index in [2.05, 4.69) is 10.5 Å². The molecule has 0 amide bonds. The van der Waals surface area contributed by atoms with E-state index >= 15 is 0 Å². The second-order valence-electron chi connectivity index (χ2n) is 5.15. The first-order valence-electron chi connectivity index (χ1n) is 7.15. The summed E-state index contributed by atoms with van der Waals surface area (Å²) in [4.78, 5) is 23.5. The van der Waals surface area contributed by atoms with Gasteiger partial charge in [-0.25, -0.2) is 4.79 Å². The zero-order chi connectivity index (χ0) is 17.1. The fourth-order valence-corrected chi connectivity index (χ4v) is 2.70. The number of carboxylic acids is 1. The molecule has 122 valence electrons. The number of rotatable bonds is 4. The minimum Gasteiger partial charge on any atom is -0.480 e. The van der Waals surface area contributed by atoms with Gasteiger partial charge in [-0.2, -0.15) is 5.10 Å². The number of hydrogen-bond donors (Lipinski definition) is 2. The van der Waals surface area contributed by atoms with Gasteiger partial charge in [-0.05, 0) is 17.7 Å². The maximum Gasteiger partial charge on any atom is 0.329 e. The molecule has 1 heterocycles. The predicted molar refractivity (Wildman–Crippen MR) is 89.1 cm³/mol. The van der Waals surface area contributed by atoms with Gasteiger partial charge in [0.05, 0.1) is 5.02 Å². The van der Waals surface area contributed by atoms with E-state index in [9.17, 15) is 9.59 Å². The molecule has 7 heteroatoms. The number of halogens is 1. The number of ether oxygens (including phenoxy) is 1. The summed E-state index contributed by atoms with van der Waals surface area (Å²) >= 11 is 6.26. The number of hydrazone groups is 1. The average Bonchev–Trinajstić information content (AvgIpc) is 3.06. The van der Waals surface area contributed by atoms with E-state index in [1.54, 1.807) is 18.2 Å². The van der Waals surface area contributed by atoms with Crippen molar-refractivity contribution in [2.24, 2.45) is 11.0 Å². The van der Waals surface area contributed by atoms with E-state index in [1.165, 1.54) is 6.21 Å². The maximum atomic E-state index is 12.4. The predicted octanol–water partition coefficient (Wildman–Crippen LogP) is 2.57. The van der Waals surface area contributed by atoms with E-state index in [1.807, 2.05) is 30.3 Å². The maximum absolute atomic E-state index is 12.4. The fourth-order valence-electron chi connectivity index (χ4n) is 2.43. The SMILES string of the molecule is O=C(Oc1cccc(Cl)c1-c1ccccc1)C1C=NNC1C(=O)O. The van der Waals surface area contributed by atoms with Gasteiger partial charge in [0.25, 0.3) is 0 Å². The lowest BCUT2D eigenvalue weighted by Gasteiger charge is -2.16. The molecule has 0 saturated heterocycles. The molecule has 24 heavy (non-hydrogen) atoms. The van der Waals surface area contributed by atoms with E-state index < -0.39 is 23.9 Å². The van der Waals surface area contributed by atoms with Crippen molar-refractivity contribution in [3.63, 3.8) is 0 Å². The second kappa shape index (κ2) is 6.72. The largest absolute Gasteiger partial charge is 0.480 e. The summed E-state index contributed by atoms with van der Waals surface area (Å²) in [5.74, 6) is -2.63. The Kier molecular flexibility index (Phi) is 4.48. The van der Waals surface area contributed by atoms with Gasteiger partial charge in [0.15, 0.2) is 6.04 Å². The van der Waals surface area contributed by atoms with Crippen molar-refractivity contribution in [1.82, 2.24) is 5.43 Å². The van der Waals surface area contributed by atoms with Crippen molar-refractivity contribution in [2.45, 2.75) is 6.04 Å². The van der Waals surface area contributed by atoms with Crippen molar-refractivity contribution < 1.29 is 19.4 Å². The van der Waals surface area contributed by atoms with Crippen LogP contribution < -0.4 is 10.2 Å². The van der Waals surface area contributed by atoms with Crippen LogP contribution in [-0.4, -0.2) is 29.3 Å². The molecule has 0 radical (unpaired) electrons. The molecule has 1 aliphatic heterocycles. The van der Waals surface area contributed by atoms with Gasteiger partial charge >= 0.3 is 11.9 Å². The molecule has 6 nitrogen and oxygen atoms in total. The Hall–Kier alpha value is -2.86. The molecule has 0 spiro atoms. The lowest BCUT2D eigenvalue weighted by Crippen LogP contribution is -2.41. The van der Waals surface area contributed by atoms with Gasteiger partial charge in [0.2, 0.25) is 0 Å². The van der Waals surface area contributed by atoms with Crippen LogP contribution in [0.4, 0.5) is 0 Å². The average molecular weight is 345 g/mol. The molecule has 0 saturated carbocycles. The van der Waals surface area contributed by atoms with Crippen LogP contribution in [0.1, 0.15) is 0 Å². The Morgan fingerprint density at radius 2 is 1.88 bits per heavy atom. The van der Waals surface area contributed by atoms with Gasteiger partial charge in [-0.3, -0.25) is 10.2 Å². The van der Waals surface area contributed by atoms with Gasteiger partial charge in [0, 0.05) is 11.8 Å². The molecule has 0 aromatic heterocycles. The Morgan fingerprint density at radius 3 is 2.58 bits per heavy atom. The first-order valence-corrected chi connectivity index (χ1v) is 7.53. The Bertz CT molecular complexity index is 807. The molecule has 0 bridgehead atoms. The standard InChI is InChI=1S/C17H13ClN2O4/c18-12-7-4-8-13(14(12)10-5-2-1-3-6-10)24-17(23)11-9-19-20-15(11)16(21)22/h1-9,11,15,20H,(H,21,22). The lowest BCUT2D eigenvalue weighted by atomic mass is 10.0. The molecule has 0 aliphatic carbocycles. The third-order valence-corrected chi connectivity index (χ3v) is 3.91. The first kappa shape index (κ1) is 16.0. The highest BCUT2D eigenvalue weighted by molar-refractivity contribution is 6.33. The summed E-state index contributed by atoms with van der Waals surface area (Å²) in [5, 5.41) is 13.2. The van der Waals surface area contributed by atoms with Gasteiger partial charge in [-0.1, -0.05) is 48.0 Å². The number of hydrogen-bond acceptors (Lipinski definition) is 5. The smallest absolute Gasteiger partial charge is 0.329 e. The molecule has 2 atom stereocenters. The highest BCUT2D eigenvalue weighted by Gasteiger charge is 2.37. The van der Waals surface area contributed by atoms with Crippen LogP contribution in [0.25, 0.3) is 11.1 Å². The lowest BCUT2D eigenvalue weighted by molar-refractivity contribution is -0.146. The van der Waals surface area contributed by atoms with Gasteiger partial charge in [-0.15, -0.1) is 0 Å². The van der Waals surface area contributed by atoms with E-state index in [0.29, 0.717) is 10.6 Å². The topological polar surface area (TPSA) is 88.0 Å². The number of esters is 1. The number of carboxylic acid groups (broad SMARTS) is 1. The van der Waals surface area contributed by atoms with Crippen LogP contribution in [0, 0.1) is 5.92 Å². The van der Waals surface area contributed by atoms with Crippen LogP contribution in [0.5, 0.6) is 5.75 Å². The van der Waals surface area contributed by atoms with Crippen molar-refractivity contribution in [1.29, 1.82) is 0 Å². The first-order chi connectivity index (χ1) is 11.6. The number of carbonyl (C=O) groups is 2. The molecule has 3 rings (SSSR count). The highest BCUT2D eigenvalue weighted by atomic mass is 35.5. The number of aliphatic carboxylic acids is 1. The number of carbonyl (C=O) groups excluding carboxylic acids is 1. The summed E-state index contributed by atoms with van der Waals surface area (Å²) in [6.07, 6.45) is 1.23. The molecule has 2 aromatic carbocycles. The summed E-state index contributed by atoms with van der Waals surface area (Å²) in [5.41, 5.74) is 3.74. The number of nitrogens with one attached hydrogen (secondary N) is 1. The highest BCUT2D eigenvalue weighted by Crippen LogP contribution is 2.36. The van der Waals surface area contributed by atoms with Crippen LogP contribution in [0.3, 0.4) is 0 Å². The summed E-state index contributed by atoms with van der Waals surface area (Å²) < 4.78 is 5.43. The number of benzene rings is 2. The van der Waals surface area contributed by atoms with Crippen molar-refractivity contribution in [3.05, 3.63) is 53.6 Å². The Labute approximate surface area is 142 Å². The van der Waals surface area contributed by atoms with Gasteiger partial charge < -0.3 is 9.84 Å². The van der Waals surface area contributed by atoms with Crippen molar-refractivity contribution in [2.75, 3.05) is 0 Å². The number of nitrogens with zero attached hydrogens (tertiary/aromatic N) is 1. The van der Waals surface area contributed by atoms with Gasteiger partial charge in [0.1, 0.15) is 11.7 Å². The van der Waals surface area contributed by atoms with E-state index in [-0.39, 0.29) is 5.75 Å². The van der Waals surface area contributed by atoms with Crippen LogP contribution in [0.2, 0.25) is 5.02 Å². The molecule has 0 fully saturated rings. The summed E-state index contributed by atoms with van der Waals surface area (Å²) in [6, 6.07) is 13.1. The van der Waals surface area contributed by atoms with Crippen LogP contribution in [-0.2, 0) is 9.59 Å². The summed E-state index contributed by atoms with van der Waals surface area (Å²) in [7, 11) is 0. The second-order valence-corrected chi connectivity index (χ2v) is 5.56. The zero-order valence-electron chi connectivity index (χ0n) is 12.3. The third-order valence-electron chi connectivity index (χ3n) is 3.59.